The SMILES string of the molecule is COC(=O)[C@@H]1Cc2ccccc2CN1CC(=O)NCC(=O)NC(C)C. The maximum absolute atomic E-state index is 12.2. The van der Waals surface area contributed by atoms with Crippen molar-refractivity contribution in [2.24, 2.45) is 0 Å². The van der Waals surface area contributed by atoms with Crippen LogP contribution in [0.25, 0.3) is 0 Å². The van der Waals surface area contributed by atoms with Crippen LogP contribution >= 0.6 is 0 Å². The molecule has 2 rings (SSSR count). The molecule has 0 saturated carbocycles. The molecular formula is C18H25N3O4. The Morgan fingerprint density at radius 2 is 1.88 bits per heavy atom. The first kappa shape index (κ1) is 18.9. The van der Waals surface area contributed by atoms with E-state index < -0.39 is 6.04 Å². The highest BCUT2D eigenvalue weighted by atomic mass is 16.5. The Morgan fingerprint density at radius 3 is 2.52 bits per heavy atom. The molecule has 7 nitrogen and oxygen atoms in total. The third-order valence-corrected chi connectivity index (χ3v) is 4.06. The number of ether oxygens (including phenoxy) is 1. The summed E-state index contributed by atoms with van der Waals surface area (Å²) in [4.78, 5) is 37.7. The van der Waals surface area contributed by atoms with E-state index in [2.05, 4.69) is 10.6 Å². The second-order valence-electron chi connectivity index (χ2n) is 6.42. The lowest BCUT2D eigenvalue weighted by Gasteiger charge is -2.34. The normalized spacial score (nSPS) is 16.9. The van der Waals surface area contributed by atoms with Crippen LogP contribution in [-0.2, 0) is 32.1 Å². The van der Waals surface area contributed by atoms with Crippen LogP contribution in [0.2, 0.25) is 0 Å². The van der Waals surface area contributed by atoms with Crippen LogP contribution in [0, 0.1) is 0 Å². The van der Waals surface area contributed by atoms with Crippen molar-refractivity contribution < 1.29 is 19.1 Å². The van der Waals surface area contributed by atoms with Crippen molar-refractivity contribution >= 4 is 17.8 Å². The molecule has 25 heavy (non-hydrogen) atoms. The Morgan fingerprint density at radius 1 is 1.20 bits per heavy atom. The summed E-state index contributed by atoms with van der Waals surface area (Å²) in [5, 5.41) is 5.30. The topological polar surface area (TPSA) is 87.7 Å². The van der Waals surface area contributed by atoms with E-state index in [1.54, 1.807) is 4.90 Å². The van der Waals surface area contributed by atoms with Crippen molar-refractivity contribution in [3.63, 3.8) is 0 Å². The Hall–Kier alpha value is -2.41. The van der Waals surface area contributed by atoms with Crippen LogP contribution in [0.4, 0.5) is 0 Å². The Kier molecular flexibility index (Phi) is 6.52. The number of benzene rings is 1. The molecule has 1 atom stereocenters. The first-order valence-corrected chi connectivity index (χ1v) is 8.35. The van der Waals surface area contributed by atoms with Gasteiger partial charge in [-0.25, -0.2) is 0 Å². The third kappa shape index (κ3) is 5.29. The molecule has 0 radical (unpaired) electrons. The molecular weight excluding hydrogens is 322 g/mol. The minimum absolute atomic E-state index is 0.0201. The number of methoxy groups -OCH3 is 1. The van der Waals surface area contributed by atoms with Gasteiger partial charge in [0.15, 0.2) is 0 Å². The molecule has 1 heterocycles. The zero-order valence-electron chi connectivity index (χ0n) is 14.9. The Balaban J connectivity index is 1.99. The van der Waals surface area contributed by atoms with Crippen LogP contribution in [-0.4, -0.2) is 55.0 Å². The van der Waals surface area contributed by atoms with E-state index in [9.17, 15) is 14.4 Å². The number of carbonyl (C=O) groups excluding carboxylic acids is 3. The van der Waals surface area contributed by atoms with Gasteiger partial charge in [-0.2, -0.15) is 0 Å². The van der Waals surface area contributed by atoms with Gasteiger partial charge in [0.25, 0.3) is 0 Å². The van der Waals surface area contributed by atoms with Crippen LogP contribution in [0.1, 0.15) is 25.0 Å². The zero-order chi connectivity index (χ0) is 18.4. The van der Waals surface area contributed by atoms with Gasteiger partial charge in [-0.1, -0.05) is 24.3 Å². The number of amides is 2. The van der Waals surface area contributed by atoms with Gasteiger partial charge >= 0.3 is 5.97 Å². The van der Waals surface area contributed by atoms with Crippen LogP contribution in [0.5, 0.6) is 0 Å². The zero-order valence-corrected chi connectivity index (χ0v) is 14.9. The molecule has 0 unspecified atom stereocenters. The van der Waals surface area contributed by atoms with Crippen LogP contribution in [0.15, 0.2) is 24.3 Å². The summed E-state index contributed by atoms with van der Waals surface area (Å²) < 4.78 is 4.88. The summed E-state index contributed by atoms with van der Waals surface area (Å²) in [7, 11) is 1.34. The number of nitrogens with zero attached hydrogens (tertiary/aromatic N) is 1. The Labute approximate surface area is 147 Å². The van der Waals surface area contributed by atoms with Gasteiger partial charge in [0.2, 0.25) is 11.8 Å². The molecule has 0 saturated heterocycles. The minimum Gasteiger partial charge on any atom is -0.468 e. The highest BCUT2D eigenvalue weighted by Gasteiger charge is 2.33. The number of fused-ring (bicyclic) bond motifs is 1. The van der Waals surface area contributed by atoms with Crippen molar-refractivity contribution in [2.75, 3.05) is 20.2 Å². The van der Waals surface area contributed by atoms with Crippen molar-refractivity contribution in [2.45, 2.75) is 38.9 Å². The largest absolute Gasteiger partial charge is 0.468 e. The van der Waals surface area contributed by atoms with E-state index in [0.29, 0.717) is 13.0 Å². The maximum atomic E-state index is 12.2. The summed E-state index contributed by atoms with van der Waals surface area (Å²) in [5.41, 5.74) is 2.18. The second kappa shape index (κ2) is 8.62. The fraction of sp³-hybridized carbons (Fsp3) is 0.500. The average molecular weight is 347 g/mol. The summed E-state index contributed by atoms with van der Waals surface area (Å²) in [5.74, 6) is -0.899. The van der Waals surface area contributed by atoms with E-state index in [4.69, 9.17) is 4.74 Å². The van der Waals surface area contributed by atoms with Gasteiger partial charge < -0.3 is 15.4 Å². The Bertz CT molecular complexity index is 645. The number of carbonyl (C=O) groups is 3. The van der Waals surface area contributed by atoms with Gasteiger partial charge in [0.1, 0.15) is 6.04 Å². The first-order valence-electron chi connectivity index (χ1n) is 8.35. The molecule has 7 heteroatoms. The number of esters is 1. The van der Waals surface area contributed by atoms with Crippen molar-refractivity contribution in [1.29, 1.82) is 0 Å². The number of hydrogen-bond donors (Lipinski definition) is 2. The molecule has 0 aliphatic carbocycles. The summed E-state index contributed by atoms with van der Waals surface area (Å²) in [6, 6.07) is 7.36. The third-order valence-electron chi connectivity index (χ3n) is 4.06. The predicted octanol–water partition coefficient (Wildman–Crippen LogP) is 0.227. The molecule has 1 aromatic rings. The standard InChI is InChI=1S/C18H25N3O4/c1-12(2)20-16(22)9-19-17(23)11-21-10-14-7-5-4-6-13(14)8-15(21)18(24)25-3/h4-7,12,15H,8-11H2,1-3H3,(H,19,23)(H,20,22)/t15-/m0/s1. The van der Waals surface area contributed by atoms with E-state index >= 15 is 0 Å². The van der Waals surface area contributed by atoms with E-state index in [-0.39, 0.29) is 36.9 Å². The number of nitrogens with one attached hydrogen (secondary N) is 2. The van der Waals surface area contributed by atoms with Gasteiger partial charge in [-0.15, -0.1) is 0 Å². The fourth-order valence-corrected chi connectivity index (χ4v) is 2.90. The van der Waals surface area contributed by atoms with Gasteiger partial charge in [-0.3, -0.25) is 19.3 Å². The first-order chi connectivity index (χ1) is 11.9. The molecule has 0 bridgehead atoms. The molecule has 0 spiro atoms. The molecule has 2 N–H and O–H groups in total. The lowest BCUT2D eigenvalue weighted by molar-refractivity contribution is -0.148. The smallest absolute Gasteiger partial charge is 0.323 e. The van der Waals surface area contributed by atoms with E-state index in [1.807, 2.05) is 38.1 Å². The maximum Gasteiger partial charge on any atom is 0.323 e. The highest BCUT2D eigenvalue weighted by molar-refractivity contribution is 5.86. The van der Waals surface area contributed by atoms with E-state index in [1.165, 1.54) is 7.11 Å². The minimum atomic E-state index is -0.504. The molecule has 2 amide bonds. The molecule has 0 aromatic heterocycles. The predicted molar refractivity (Wildman–Crippen MR) is 92.6 cm³/mol. The van der Waals surface area contributed by atoms with Gasteiger partial charge in [0.05, 0.1) is 20.2 Å². The van der Waals surface area contributed by atoms with Crippen molar-refractivity contribution in [3.8, 4) is 0 Å². The van der Waals surface area contributed by atoms with Crippen LogP contribution < -0.4 is 10.6 Å². The average Bonchev–Trinajstić information content (AvgIpc) is 2.58. The highest BCUT2D eigenvalue weighted by Crippen LogP contribution is 2.23. The summed E-state index contributed by atoms with van der Waals surface area (Å²) in [6.45, 7) is 4.15. The quantitative estimate of drug-likeness (QED) is 0.719. The molecule has 1 aliphatic heterocycles. The molecule has 1 aliphatic rings. The van der Waals surface area contributed by atoms with Crippen molar-refractivity contribution in [3.05, 3.63) is 35.4 Å². The van der Waals surface area contributed by atoms with Gasteiger partial charge in [0, 0.05) is 12.6 Å². The van der Waals surface area contributed by atoms with E-state index in [0.717, 1.165) is 11.1 Å². The molecule has 0 fully saturated rings. The number of hydrogen-bond acceptors (Lipinski definition) is 5. The second-order valence-corrected chi connectivity index (χ2v) is 6.42. The monoisotopic (exact) mass is 347 g/mol. The van der Waals surface area contributed by atoms with Crippen molar-refractivity contribution in [1.82, 2.24) is 15.5 Å². The summed E-state index contributed by atoms with van der Waals surface area (Å²) in [6.07, 6.45) is 0.504. The number of rotatable bonds is 6. The fourth-order valence-electron chi connectivity index (χ4n) is 2.90. The molecule has 1 aromatic carbocycles. The van der Waals surface area contributed by atoms with Crippen LogP contribution in [0.3, 0.4) is 0 Å². The van der Waals surface area contributed by atoms with Gasteiger partial charge in [-0.05, 0) is 31.4 Å². The summed E-state index contributed by atoms with van der Waals surface area (Å²) >= 11 is 0. The molecule has 136 valence electrons. The lowest BCUT2D eigenvalue weighted by atomic mass is 9.94. The lowest BCUT2D eigenvalue weighted by Crippen LogP contribution is -2.51.